The van der Waals surface area contributed by atoms with Gasteiger partial charge in [-0.2, -0.15) is 0 Å². The third-order valence-electron chi connectivity index (χ3n) is 16.8. The van der Waals surface area contributed by atoms with Gasteiger partial charge in [0.1, 0.15) is 36.6 Å². The summed E-state index contributed by atoms with van der Waals surface area (Å²) < 4.78 is 11.2. The molecule has 0 aromatic carbocycles. The number of aliphatic hydroxyl groups is 7. The van der Waals surface area contributed by atoms with Gasteiger partial charge in [-0.05, 0) is 38.5 Å². The predicted molar refractivity (Wildman–Crippen MR) is 326 cm³/mol. The molecule has 1 aliphatic rings. The molecule has 0 spiro atoms. The Morgan fingerprint density at radius 2 is 0.756 bits per heavy atom. The quantitative estimate of drug-likeness (QED) is 0.0215. The maximum absolute atomic E-state index is 13.2. The van der Waals surface area contributed by atoms with Crippen molar-refractivity contribution < 1.29 is 50.0 Å². The number of allylic oxidation sites excluding steroid dienone is 2. The minimum absolute atomic E-state index is 0.260. The van der Waals surface area contributed by atoms with E-state index in [2.05, 4.69) is 31.3 Å². The van der Waals surface area contributed by atoms with Crippen LogP contribution in [0.4, 0.5) is 0 Å². The zero-order chi connectivity index (χ0) is 56.8. The number of aliphatic hydroxyl groups excluding tert-OH is 7. The van der Waals surface area contributed by atoms with E-state index in [1.54, 1.807) is 0 Å². The molecular weight excluding hydrogens is 979 g/mol. The van der Waals surface area contributed by atoms with E-state index < -0.39 is 74.2 Å². The van der Waals surface area contributed by atoms with Crippen LogP contribution < -0.4 is 5.32 Å². The molecule has 1 amide bonds. The molecule has 464 valence electrons. The van der Waals surface area contributed by atoms with Crippen LogP contribution in [0, 0.1) is 0 Å². The van der Waals surface area contributed by atoms with Crippen molar-refractivity contribution in [2.75, 3.05) is 13.2 Å². The Morgan fingerprint density at radius 1 is 0.436 bits per heavy atom. The largest absolute Gasteiger partial charge is 0.394 e. The minimum atomic E-state index is -1.67. The van der Waals surface area contributed by atoms with Crippen molar-refractivity contribution in [1.29, 1.82) is 0 Å². The van der Waals surface area contributed by atoms with Crippen molar-refractivity contribution in [3.8, 4) is 0 Å². The smallest absolute Gasteiger partial charge is 0.249 e. The first-order valence-electron chi connectivity index (χ1n) is 34.1. The molecule has 0 bridgehead atoms. The summed E-state index contributed by atoms with van der Waals surface area (Å²) in [4.78, 5) is 13.2. The molecule has 78 heavy (non-hydrogen) atoms. The lowest BCUT2D eigenvalue weighted by Crippen LogP contribution is -2.60. The van der Waals surface area contributed by atoms with Gasteiger partial charge in [0.25, 0.3) is 0 Å². The highest BCUT2D eigenvalue weighted by molar-refractivity contribution is 5.80. The maximum Gasteiger partial charge on any atom is 0.249 e. The summed E-state index contributed by atoms with van der Waals surface area (Å²) in [5, 5.41) is 76.2. The second-order valence-corrected chi connectivity index (χ2v) is 24.3. The molecule has 1 saturated heterocycles. The van der Waals surface area contributed by atoms with Crippen LogP contribution in [0.5, 0.6) is 0 Å². The molecule has 9 atom stereocenters. The molecule has 1 rings (SSSR count). The topological polar surface area (TPSA) is 189 Å². The molecular formula is C67H131NO10. The number of ether oxygens (including phenoxy) is 2. The van der Waals surface area contributed by atoms with Gasteiger partial charge >= 0.3 is 0 Å². The summed E-state index contributed by atoms with van der Waals surface area (Å²) in [5.41, 5.74) is 0. The minimum Gasteiger partial charge on any atom is -0.394 e. The fourth-order valence-electron chi connectivity index (χ4n) is 11.3. The molecule has 0 aliphatic carbocycles. The average molecular weight is 1110 g/mol. The van der Waals surface area contributed by atoms with Crippen molar-refractivity contribution in [3.05, 3.63) is 12.2 Å². The first-order valence-corrected chi connectivity index (χ1v) is 34.1. The van der Waals surface area contributed by atoms with E-state index in [0.29, 0.717) is 12.8 Å². The van der Waals surface area contributed by atoms with Crippen LogP contribution in [0.2, 0.25) is 0 Å². The zero-order valence-corrected chi connectivity index (χ0v) is 51.2. The molecule has 11 nitrogen and oxygen atoms in total. The third kappa shape index (κ3) is 43.5. The summed E-state index contributed by atoms with van der Waals surface area (Å²) in [7, 11) is 0. The van der Waals surface area contributed by atoms with E-state index >= 15 is 0 Å². The number of amides is 1. The molecule has 0 saturated carbocycles. The van der Waals surface area contributed by atoms with Crippen LogP contribution >= 0.6 is 0 Å². The normalized spacial score (nSPS) is 19.4. The van der Waals surface area contributed by atoms with Crippen molar-refractivity contribution in [2.45, 2.75) is 396 Å². The lowest BCUT2D eigenvalue weighted by Gasteiger charge is -2.40. The molecule has 11 heteroatoms. The highest BCUT2D eigenvalue weighted by Crippen LogP contribution is 2.24. The third-order valence-corrected chi connectivity index (χ3v) is 16.8. The lowest BCUT2D eigenvalue weighted by atomic mass is 9.98. The van der Waals surface area contributed by atoms with E-state index in [1.165, 1.54) is 263 Å². The van der Waals surface area contributed by atoms with E-state index in [1.807, 2.05) is 0 Å². The van der Waals surface area contributed by atoms with Crippen molar-refractivity contribution in [3.63, 3.8) is 0 Å². The first-order chi connectivity index (χ1) is 38.2. The second-order valence-electron chi connectivity index (χ2n) is 24.3. The number of rotatable bonds is 60. The fourth-order valence-corrected chi connectivity index (χ4v) is 11.3. The monoisotopic (exact) mass is 1110 g/mol. The number of hydrogen-bond acceptors (Lipinski definition) is 10. The molecule has 1 heterocycles. The highest BCUT2D eigenvalue weighted by atomic mass is 16.7. The molecule has 1 aliphatic heterocycles. The Hall–Kier alpha value is -1.15. The number of carbonyl (C=O) groups excluding carboxylic acids is 1. The Morgan fingerprint density at radius 3 is 1.10 bits per heavy atom. The van der Waals surface area contributed by atoms with Gasteiger partial charge < -0.3 is 50.5 Å². The number of carbonyl (C=O) groups is 1. The molecule has 0 aromatic rings. The van der Waals surface area contributed by atoms with Crippen LogP contribution in [0.25, 0.3) is 0 Å². The van der Waals surface area contributed by atoms with Gasteiger partial charge in [-0.3, -0.25) is 4.79 Å². The van der Waals surface area contributed by atoms with Crippen molar-refractivity contribution in [1.82, 2.24) is 5.32 Å². The lowest BCUT2D eigenvalue weighted by molar-refractivity contribution is -0.303. The van der Waals surface area contributed by atoms with Gasteiger partial charge in [-0.1, -0.05) is 315 Å². The zero-order valence-electron chi connectivity index (χ0n) is 51.2. The summed E-state index contributed by atoms with van der Waals surface area (Å²) in [5.74, 6) is -0.699. The van der Waals surface area contributed by atoms with E-state index in [4.69, 9.17) is 9.47 Å². The fraction of sp³-hybridized carbons (Fsp3) is 0.955. The van der Waals surface area contributed by atoms with E-state index in [0.717, 1.165) is 38.5 Å². The summed E-state index contributed by atoms with van der Waals surface area (Å²) in [6.45, 7) is 3.48. The summed E-state index contributed by atoms with van der Waals surface area (Å²) >= 11 is 0. The SMILES string of the molecule is CCCCCCCCCCCC/C=C/CCCC(O)C(O)C(COC1OC(CO)C(O)C(O)C1O)NC(=O)C(O)CCCCCCCCCCCCCCCCCCCCCCCCCCCCCCCCCCCCCC. The highest BCUT2D eigenvalue weighted by Gasteiger charge is 2.44. The Kier molecular flexibility index (Phi) is 54.1. The second kappa shape index (κ2) is 56.3. The average Bonchev–Trinajstić information content (AvgIpc) is 3.46. The maximum atomic E-state index is 13.2. The Bertz CT molecular complexity index is 1270. The molecule has 8 N–H and O–H groups in total. The summed E-state index contributed by atoms with van der Waals surface area (Å²) in [6.07, 6.45) is 57.5. The standard InChI is InChI=1S/C67H131NO10/c1-3-5-7-9-11-13-15-17-19-20-21-22-23-24-25-26-27-28-29-30-31-32-33-34-35-36-37-38-39-41-43-45-47-49-51-53-55-60(71)66(76)68-58(57-77-67-65(75)64(74)63(73)61(56-69)78-67)62(72)59(70)54-52-50-48-46-44-42-40-18-16-14-12-10-8-6-4-2/h46,48,58-65,67,69-75H,3-45,47,49-57H2,1-2H3,(H,68,76)/b48-46+. The first kappa shape index (κ1) is 74.9. The van der Waals surface area contributed by atoms with Crippen molar-refractivity contribution in [2.24, 2.45) is 0 Å². The van der Waals surface area contributed by atoms with Gasteiger partial charge in [0.15, 0.2) is 6.29 Å². The number of hydrogen-bond donors (Lipinski definition) is 8. The van der Waals surface area contributed by atoms with Crippen molar-refractivity contribution >= 4 is 5.91 Å². The van der Waals surface area contributed by atoms with Crippen LogP contribution in [0.15, 0.2) is 12.2 Å². The van der Waals surface area contributed by atoms with Crippen LogP contribution in [-0.2, 0) is 14.3 Å². The van der Waals surface area contributed by atoms with Crippen LogP contribution in [0.3, 0.4) is 0 Å². The molecule has 1 fully saturated rings. The van der Waals surface area contributed by atoms with Gasteiger partial charge in [0, 0.05) is 0 Å². The van der Waals surface area contributed by atoms with Crippen LogP contribution in [0.1, 0.15) is 341 Å². The molecule has 0 radical (unpaired) electrons. The Labute approximate surface area is 481 Å². The van der Waals surface area contributed by atoms with Gasteiger partial charge in [0.2, 0.25) is 5.91 Å². The van der Waals surface area contributed by atoms with Crippen LogP contribution in [-0.4, -0.2) is 110 Å². The predicted octanol–water partition coefficient (Wildman–Crippen LogP) is 15.9. The molecule has 9 unspecified atom stereocenters. The van der Waals surface area contributed by atoms with E-state index in [-0.39, 0.29) is 12.8 Å². The van der Waals surface area contributed by atoms with Gasteiger partial charge in [0.05, 0.1) is 25.4 Å². The number of unbranched alkanes of at least 4 members (excludes halogenated alkanes) is 46. The Balaban J connectivity index is 2.12. The number of nitrogens with one attached hydrogen (secondary N) is 1. The summed E-state index contributed by atoms with van der Waals surface area (Å²) in [6, 6.07) is -1.18. The molecule has 0 aromatic heterocycles. The van der Waals surface area contributed by atoms with Gasteiger partial charge in [-0.25, -0.2) is 0 Å². The van der Waals surface area contributed by atoms with Gasteiger partial charge in [-0.15, -0.1) is 0 Å². The van der Waals surface area contributed by atoms with E-state index in [9.17, 15) is 40.5 Å².